The maximum atomic E-state index is 14.0. The van der Waals surface area contributed by atoms with Crippen molar-refractivity contribution in [1.29, 1.82) is 0 Å². The topological polar surface area (TPSA) is 86.8 Å². The summed E-state index contributed by atoms with van der Waals surface area (Å²) in [5.41, 5.74) is 3.78. The van der Waals surface area contributed by atoms with E-state index in [1.807, 2.05) is 76.2 Å². The molecule has 0 aliphatic rings. The highest BCUT2D eigenvalue weighted by molar-refractivity contribution is 7.92. The van der Waals surface area contributed by atoms with Gasteiger partial charge in [0.25, 0.3) is 0 Å². The van der Waals surface area contributed by atoms with Crippen LogP contribution in [0.1, 0.15) is 48.9 Å². The fraction of sp³-hybridized carbons (Fsp3) is 0.394. The Morgan fingerprint density at radius 2 is 1.58 bits per heavy atom. The van der Waals surface area contributed by atoms with Crippen LogP contribution in [0.4, 0.5) is 5.69 Å². The zero-order valence-corrected chi connectivity index (χ0v) is 27.8. The third kappa shape index (κ3) is 9.98. The number of anilines is 1. The van der Waals surface area contributed by atoms with Crippen LogP contribution in [-0.4, -0.2) is 50.5 Å². The number of nitrogens with one attached hydrogen (secondary N) is 1. The Hall–Kier alpha value is -3.07. The fourth-order valence-corrected chi connectivity index (χ4v) is 6.33. The summed E-state index contributed by atoms with van der Waals surface area (Å²) in [6.45, 7) is 8.36. The third-order valence-corrected chi connectivity index (χ3v) is 9.02. The molecular formula is C33H41Cl2N3O4S. The molecule has 1 unspecified atom stereocenters. The van der Waals surface area contributed by atoms with Gasteiger partial charge in [-0.1, -0.05) is 85.6 Å². The van der Waals surface area contributed by atoms with Crippen LogP contribution in [0.3, 0.4) is 0 Å². The third-order valence-electron chi connectivity index (χ3n) is 7.13. The van der Waals surface area contributed by atoms with Gasteiger partial charge in [-0.2, -0.15) is 0 Å². The molecule has 0 saturated heterocycles. The zero-order valence-electron chi connectivity index (χ0n) is 25.4. The summed E-state index contributed by atoms with van der Waals surface area (Å²) in [5.74, 6) is -0.358. The molecule has 3 aromatic carbocycles. The van der Waals surface area contributed by atoms with Crippen LogP contribution in [-0.2, 0) is 32.6 Å². The molecule has 10 heteroatoms. The van der Waals surface area contributed by atoms with Crippen molar-refractivity contribution in [2.24, 2.45) is 5.92 Å². The van der Waals surface area contributed by atoms with Crippen molar-refractivity contribution in [2.45, 2.75) is 59.5 Å². The number of carbonyl (C=O) groups excluding carboxylic acids is 2. The predicted octanol–water partition coefficient (Wildman–Crippen LogP) is 6.57. The average molecular weight is 647 g/mol. The number of hydrogen-bond donors (Lipinski definition) is 1. The van der Waals surface area contributed by atoms with E-state index in [4.69, 9.17) is 23.2 Å². The van der Waals surface area contributed by atoms with E-state index in [9.17, 15) is 18.0 Å². The first-order valence-corrected chi connectivity index (χ1v) is 17.0. The molecule has 0 fully saturated rings. The molecular weight excluding hydrogens is 605 g/mol. The Morgan fingerprint density at radius 3 is 2.19 bits per heavy atom. The number of carbonyl (C=O) groups is 2. The Morgan fingerprint density at radius 1 is 0.930 bits per heavy atom. The number of sulfonamides is 1. The largest absolute Gasteiger partial charge is 0.354 e. The second kappa shape index (κ2) is 15.6. The number of nitrogens with zero attached hydrogens (tertiary/aromatic N) is 2. The highest BCUT2D eigenvalue weighted by atomic mass is 35.5. The van der Waals surface area contributed by atoms with Crippen LogP contribution in [0.5, 0.6) is 0 Å². The van der Waals surface area contributed by atoms with Crippen LogP contribution >= 0.6 is 23.2 Å². The van der Waals surface area contributed by atoms with Gasteiger partial charge in [-0.25, -0.2) is 8.42 Å². The number of rotatable bonds is 14. The minimum Gasteiger partial charge on any atom is -0.354 e. The first kappa shape index (κ1) is 34.4. The van der Waals surface area contributed by atoms with E-state index in [1.165, 1.54) is 9.21 Å². The Balaban J connectivity index is 1.94. The van der Waals surface area contributed by atoms with E-state index in [0.717, 1.165) is 22.9 Å². The van der Waals surface area contributed by atoms with Crippen molar-refractivity contribution in [2.75, 3.05) is 23.7 Å². The van der Waals surface area contributed by atoms with Gasteiger partial charge in [0, 0.05) is 48.1 Å². The molecule has 0 heterocycles. The van der Waals surface area contributed by atoms with Gasteiger partial charge in [-0.3, -0.25) is 13.9 Å². The van der Waals surface area contributed by atoms with Crippen LogP contribution in [0.2, 0.25) is 10.0 Å². The molecule has 232 valence electrons. The van der Waals surface area contributed by atoms with E-state index in [0.29, 0.717) is 27.8 Å². The minimum absolute atomic E-state index is 0.0156. The van der Waals surface area contributed by atoms with Gasteiger partial charge in [0.05, 0.1) is 11.9 Å². The number of halogens is 2. The number of amides is 2. The average Bonchev–Trinajstić information content (AvgIpc) is 2.94. The van der Waals surface area contributed by atoms with E-state index in [2.05, 4.69) is 5.32 Å². The van der Waals surface area contributed by atoms with Gasteiger partial charge in [0.1, 0.15) is 6.04 Å². The molecule has 3 aromatic rings. The van der Waals surface area contributed by atoms with Crippen molar-refractivity contribution in [1.82, 2.24) is 10.2 Å². The molecule has 0 radical (unpaired) electrons. The maximum absolute atomic E-state index is 14.0. The standard InChI is InChI=1S/C33H41Cl2N3O4S/c1-23(2)21-36-33(40)31(20-26-11-7-6-8-12-26)37(22-27-28(34)13-9-14-29(27)35)32(39)15-10-18-38(43(5,41)42)30-19-24(3)16-17-25(30)4/h6-9,11-14,16-17,19,23,31H,10,15,18,20-22H2,1-5H3,(H,36,40). The lowest BCUT2D eigenvalue weighted by Crippen LogP contribution is -2.51. The number of hydrogen-bond acceptors (Lipinski definition) is 4. The zero-order chi connectivity index (χ0) is 31.7. The molecule has 3 rings (SSSR count). The van der Waals surface area contributed by atoms with Crippen molar-refractivity contribution in [3.05, 3.63) is 99.0 Å². The van der Waals surface area contributed by atoms with Crippen LogP contribution in [0.15, 0.2) is 66.7 Å². The lowest BCUT2D eigenvalue weighted by molar-refractivity contribution is -0.141. The Bertz CT molecular complexity index is 1490. The molecule has 0 aliphatic carbocycles. The van der Waals surface area contributed by atoms with Crippen molar-refractivity contribution in [3.8, 4) is 0 Å². The summed E-state index contributed by atoms with van der Waals surface area (Å²) < 4.78 is 26.9. The van der Waals surface area contributed by atoms with Crippen LogP contribution in [0.25, 0.3) is 0 Å². The molecule has 1 atom stereocenters. The highest BCUT2D eigenvalue weighted by Crippen LogP contribution is 2.28. The molecule has 2 amide bonds. The summed E-state index contributed by atoms with van der Waals surface area (Å²) in [4.78, 5) is 29.2. The van der Waals surface area contributed by atoms with Gasteiger partial charge >= 0.3 is 0 Å². The highest BCUT2D eigenvalue weighted by Gasteiger charge is 2.31. The summed E-state index contributed by atoms with van der Waals surface area (Å²) in [6, 6.07) is 19.4. The van der Waals surface area contributed by atoms with E-state index >= 15 is 0 Å². The van der Waals surface area contributed by atoms with Gasteiger partial charge in [-0.15, -0.1) is 0 Å². The number of aryl methyl sites for hydroxylation is 2. The van der Waals surface area contributed by atoms with Crippen molar-refractivity contribution < 1.29 is 18.0 Å². The van der Waals surface area contributed by atoms with E-state index in [-0.39, 0.29) is 50.1 Å². The minimum atomic E-state index is -3.61. The lowest BCUT2D eigenvalue weighted by atomic mass is 10.0. The van der Waals surface area contributed by atoms with Crippen LogP contribution < -0.4 is 9.62 Å². The van der Waals surface area contributed by atoms with E-state index in [1.54, 1.807) is 18.2 Å². The first-order chi connectivity index (χ1) is 20.3. The van der Waals surface area contributed by atoms with Gasteiger partial charge in [-0.05, 0) is 61.1 Å². The summed E-state index contributed by atoms with van der Waals surface area (Å²) in [5, 5.41) is 3.78. The monoisotopic (exact) mass is 645 g/mol. The molecule has 0 aromatic heterocycles. The van der Waals surface area contributed by atoms with Gasteiger partial charge in [0.2, 0.25) is 21.8 Å². The second-order valence-electron chi connectivity index (χ2n) is 11.3. The maximum Gasteiger partial charge on any atom is 0.243 e. The quantitative estimate of drug-likeness (QED) is 0.215. The Kier molecular flexibility index (Phi) is 12.5. The Labute approximate surface area is 266 Å². The van der Waals surface area contributed by atoms with Gasteiger partial charge in [0.15, 0.2) is 0 Å². The molecule has 1 N–H and O–H groups in total. The summed E-state index contributed by atoms with van der Waals surface area (Å²) >= 11 is 13.0. The van der Waals surface area contributed by atoms with E-state index < -0.39 is 16.1 Å². The molecule has 0 bridgehead atoms. The van der Waals surface area contributed by atoms with Crippen molar-refractivity contribution in [3.63, 3.8) is 0 Å². The molecule has 0 saturated carbocycles. The first-order valence-electron chi connectivity index (χ1n) is 14.4. The smallest absolute Gasteiger partial charge is 0.243 e. The fourth-order valence-electron chi connectivity index (χ4n) is 4.80. The summed E-state index contributed by atoms with van der Waals surface area (Å²) in [7, 11) is -3.61. The van der Waals surface area contributed by atoms with Gasteiger partial charge < -0.3 is 10.2 Å². The SMILES string of the molecule is Cc1ccc(C)c(N(CCCC(=O)N(Cc2c(Cl)cccc2Cl)C(Cc2ccccc2)C(=O)NCC(C)C)S(C)(=O)=O)c1. The molecule has 7 nitrogen and oxygen atoms in total. The molecule has 43 heavy (non-hydrogen) atoms. The molecule has 0 aliphatic heterocycles. The van der Waals surface area contributed by atoms with Crippen molar-refractivity contribution >= 4 is 50.7 Å². The normalized spacial score (nSPS) is 12.2. The molecule has 0 spiro atoms. The summed E-state index contributed by atoms with van der Waals surface area (Å²) in [6.07, 6.45) is 1.72. The second-order valence-corrected chi connectivity index (χ2v) is 14.0. The number of benzene rings is 3. The predicted molar refractivity (Wildman–Crippen MR) is 176 cm³/mol. The lowest BCUT2D eigenvalue weighted by Gasteiger charge is -2.32. The van der Waals surface area contributed by atoms with Crippen LogP contribution in [0, 0.1) is 19.8 Å².